The largest absolute Gasteiger partial charge is 0.489 e. The summed E-state index contributed by atoms with van der Waals surface area (Å²) in [4.78, 5) is 19.0. The van der Waals surface area contributed by atoms with Crippen molar-refractivity contribution in [2.45, 2.75) is 25.0 Å². The zero-order chi connectivity index (χ0) is 23.7. The molecule has 4 aromatic rings. The number of ether oxygens (including phenoxy) is 1. The van der Waals surface area contributed by atoms with Gasteiger partial charge in [-0.05, 0) is 36.4 Å². The number of anilines is 1. The molecule has 6 nitrogen and oxygen atoms in total. The lowest BCUT2D eigenvalue weighted by molar-refractivity contribution is -0.117. The molecule has 5 rings (SSSR count). The summed E-state index contributed by atoms with van der Waals surface area (Å²) >= 11 is 6.14. The molecule has 2 unspecified atom stereocenters. The number of aliphatic hydroxyl groups is 1. The second kappa shape index (κ2) is 9.44. The Hall–Kier alpha value is -3.42. The molecular formula is C26H23ClFN3O3. The van der Waals surface area contributed by atoms with Gasteiger partial charge in [0.2, 0.25) is 5.91 Å². The van der Waals surface area contributed by atoms with Gasteiger partial charge in [0.25, 0.3) is 0 Å². The highest BCUT2D eigenvalue weighted by Crippen LogP contribution is 2.34. The molecule has 1 amide bonds. The van der Waals surface area contributed by atoms with Crippen LogP contribution in [0.4, 0.5) is 10.1 Å². The lowest BCUT2D eigenvalue weighted by Crippen LogP contribution is -2.27. The van der Waals surface area contributed by atoms with Gasteiger partial charge in [0.15, 0.2) is 0 Å². The number of nitrogens with zero attached hydrogens (tertiary/aromatic N) is 3. The third-order valence-electron chi connectivity index (χ3n) is 5.98. The Labute approximate surface area is 201 Å². The molecule has 0 saturated carbocycles. The van der Waals surface area contributed by atoms with Gasteiger partial charge >= 0.3 is 0 Å². The van der Waals surface area contributed by atoms with E-state index in [4.69, 9.17) is 21.3 Å². The topological polar surface area (TPSA) is 67.6 Å². The summed E-state index contributed by atoms with van der Waals surface area (Å²) in [5, 5.41) is 11.2. The van der Waals surface area contributed by atoms with E-state index in [-0.39, 0.29) is 37.1 Å². The average molecular weight is 480 g/mol. The molecule has 1 aliphatic rings. The van der Waals surface area contributed by atoms with Gasteiger partial charge in [-0.1, -0.05) is 48.0 Å². The van der Waals surface area contributed by atoms with Crippen molar-refractivity contribution in [1.29, 1.82) is 0 Å². The van der Waals surface area contributed by atoms with Crippen LogP contribution in [0.1, 0.15) is 18.2 Å². The Morgan fingerprint density at radius 1 is 1.09 bits per heavy atom. The lowest BCUT2D eigenvalue weighted by Gasteiger charge is -2.19. The SMILES string of the molecule is O=C1CC(c2nc3ccccc3n2CC(O)COc2ccccc2Cl)CN1c1ccccc1F. The van der Waals surface area contributed by atoms with Crippen molar-refractivity contribution in [3.8, 4) is 5.75 Å². The molecule has 0 aliphatic carbocycles. The summed E-state index contributed by atoms with van der Waals surface area (Å²) in [6.45, 7) is 0.584. The van der Waals surface area contributed by atoms with Gasteiger partial charge in [-0.15, -0.1) is 0 Å². The maximum Gasteiger partial charge on any atom is 0.227 e. The van der Waals surface area contributed by atoms with E-state index < -0.39 is 11.9 Å². The van der Waals surface area contributed by atoms with Crippen LogP contribution in [0, 0.1) is 5.82 Å². The molecule has 1 fully saturated rings. The summed E-state index contributed by atoms with van der Waals surface area (Å²) < 4.78 is 22.0. The number of aliphatic hydroxyl groups excluding tert-OH is 1. The van der Waals surface area contributed by atoms with E-state index in [0.717, 1.165) is 11.0 Å². The van der Waals surface area contributed by atoms with E-state index >= 15 is 0 Å². The zero-order valence-corrected chi connectivity index (χ0v) is 19.0. The summed E-state index contributed by atoms with van der Waals surface area (Å²) in [6.07, 6.45) is -0.628. The monoisotopic (exact) mass is 479 g/mol. The summed E-state index contributed by atoms with van der Waals surface area (Å²) in [5.41, 5.74) is 1.89. The van der Waals surface area contributed by atoms with Crippen LogP contribution in [-0.4, -0.2) is 39.8 Å². The molecule has 174 valence electrons. The Kier molecular flexibility index (Phi) is 6.22. The number of carbonyl (C=O) groups excluding carboxylic acids is 1. The second-order valence-electron chi connectivity index (χ2n) is 8.32. The van der Waals surface area contributed by atoms with Crippen LogP contribution in [0.25, 0.3) is 11.0 Å². The molecule has 1 saturated heterocycles. The smallest absolute Gasteiger partial charge is 0.227 e. The van der Waals surface area contributed by atoms with Crippen molar-refractivity contribution in [3.63, 3.8) is 0 Å². The third kappa shape index (κ3) is 4.36. The molecule has 1 aliphatic heterocycles. The first kappa shape index (κ1) is 22.4. The number of imidazole rings is 1. The number of carbonyl (C=O) groups is 1. The number of amides is 1. The van der Waals surface area contributed by atoms with Gasteiger partial charge in [0.1, 0.15) is 30.1 Å². The molecule has 1 aromatic heterocycles. The van der Waals surface area contributed by atoms with Crippen LogP contribution in [0.15, 0.2) is 72.8 Å². The molecule has 2 heterocycles. The normalized spacial score (nSPS) is 16.9. The van der Waals surface area contributed by atoms with E-state index in [2.05, 4.69) is 0 Å². The van der Waals surface area contributed by atoms with Crippen LogP contribution < -0.4 is 9.64 Å². The number of hydrogen-bond acceptors (Lipinski definition) is 4. The van der Waals surface area contributed by atoms with Crippen LogP contribution in [0.3, 0.4) is 0 Å². The first-order chi connectivity index (χ1) is 16.5. The number of benzene rings is 3. The molecule has 0 spiro atoms. The van der Waals surface area contributed by atoms with E-state index in [1.807, 2.05) is 41.0 Å². The summed E-state index contributed by atoms with van der Waals surface area (Å²) in [7, 11) is 0. The van der Waals surface area contributed by atoms with Gasteiger partial charge in [-0.3, -0.25) is 4.79 Å². The Bertz CT molecular complexity index is 1340. The van der Waals surface area contributed by atoms with Crippen LogP contribution >= 0.6 is 11.6 Å². The van der Waals surface area contributed by atoms with Crippen molar-refractivity contribution in [1.82, 2.24) is 9.55 Å². The summed E-state index contributed by atoms with van der Waals surface area (Å²) in [6, 6.07) is 21.0. The van der Waals surface area contributed by atoms with Crippen molar-refractivity contribution in [2.24, 2.45) is 0 Å². The number of para-hydroxylation sites is 4. The number of fused-ring (bicyclic) bond motifs is 1. The van der Waals surface area contributed by atoms with Crippen LogP contribution in [-0.2, 0) is 11.3 Å². The van der Waals surface area contributed by atoms with E-state index in [1.165, 1.54) is 11.0 Å². The number of halogens is 2. The van der Waals surface area contributed by atoms with Crippen LogP contribution in [0.5, 0.6) is 5.75 Å². The van der Waals surface area contributed by atoms with Crippen LogP contribution in [0.2, 0.25) is 5.02 Å². The Morgan fingerprint density at radius 2 is 1.82 bits per heavy atom. The Balaban J connectivity index is 1.40. The molecule has 0 bridgehead atoms. The maximum absolute atomic E-state index is 14.3. The quantitative estimate of drug-likeness (QED) is 0.414. The van der Waals surface area contributed by atoms with Crippen molar-refractivity contribution >= 4 is 34.2 Å². The minimum atomic E-state index is -0.840. The number of rotatable bonds is 7. The second-order valence-corrected chi connectivity index (χ2v) is 8.73. The Morgan fingerprint density at radius 3 is 2.65 bits per heavy atom. The molecule has 2 atom stereocenters. The lowest BCUT2D eigenvalue weighted by atomic mass is 10.1. The average Bonchev–Trinajstić information content (AvgIpc) is 3.39. The van der Waals surface area contributed by atoms with E-state index in [1.54, 1.807) is 30.3 Å². The highest BCUT2D eigenvalue weighted by molar-refractivity contribution is 6.32. The molecule has 34 heavy (non-hydrogen) atoms. The predicted molar refractivity (Wildman–Crippen MR) is 129 cm³/mol. The minimum absolute atomic E-state index is 0.0423. The predicted octanol–water partition coefficient (Wildman–Crippen LogP) is 4.79. The van der Waals surface area contributed by atoms with Crippen molar-refractivity contribution in [2.75, 3.05) is 18.1 Å². The minimum Gasteiger partial charge on any atom is -0.489 e. The number of aromatic nitrogens is 2. The van der Waals surface area contributed by atoms with Crippen molar-refractivity contribution < 1.29 is 19.0 Å². The fraction of sp³-hybridized carbons (Fsp3) is 0.231. The van der Waals surface area contributed by atoms with Gasteiger partial charge < -0.3 is 19.3 Å². The van der Waals surface area contributed by atoms with E-state index in [9.17, 15) is 14.3 Å². The number of hydrogen-bond donors (Lipinski definition) is 1. The summed E-state index contributed by atoms with van der Waals surface area (Å²) in [5.74, 6) is 0.357. The fourth-order valence-corrected chi connectivity index (χ4v) is 4.58. The zero-order valence-electron chi connectivity index (χ0n) is 18.3. The van der Waals surface area contributed by atoms with Gasteiger partial charge in [0, 0.05) is 18.9 Å². The van der Waals surface area contributed by atoms with Gasteiger partial charge in [-0.25, -0.2) is 9.37 Å². The fourth-order valence-electron chi connectivity index (χ4n) is 4.39. The molecule has 8 heteroatoms. The van der Waals surface area contributed by atoms with Gasteiger partial charge in [0.05, 0.1) is 28.3 Å². The van der Waals surface area contributed by atoms with Crippen molar-refractivity contribution in [3.05, 3.63) is 89.5 Å². The molecule has 1 N–H and O–H groups in total. The first-order valence-corrected chi connectivity index (χ1v) is 11.4. The van der Waals surface area contributed by atoms with E-state index in [0.29, 0.717) is 23.1 Å². The molecular weight excluding hydrogens is 457 g/mol. The first-order valence-electron chi connectivity index (χ1n) is 11.1. The molecule has 3 aromatic carbocycles. The maximum atomic E-state index is 14.3. The molecule has 0 radical (unpaired) electrons. The third-order valence-corrected chi connectivity index (χ3v) is 6.29. The standard InChI is InChI=1S/C26H23ClFN3O3/c27-19-7-1-6-12-24(19)34-16-18(32)15-31-23-11-5-3-9-21(23)29-26(31)17-13-25(33)30(14-17)22-10-4-2-8-20(22)28/h1-12,17-18,32H,13-16H2. The highest BCUT2D eigenvalue weighted by atomic mass is 35.5. The highest BCUT2D eigenvalue weighted by Gasteiger charge is 2.36. The van der Waals surface area contributed by atoms with Gasteiger partial charge in [-0.2, -0.15) is 0 Å².